The molecule has 6 rings (SSSR count). The Hall–Kier alpha value is -3.98. The van der Waals surface area contributed by atoms with Gasteiger partial charge in [0, 0.05) is 18.0 Å². The third-order valence-corrected chi connectivity index (χ3v) is 6.42. The van der Waals surface area contributed by atoms with Crippen LogP contribution in [0.5, 0.6) is 17.2 Å². The zero-order chi connectivity index (χ0) is 23.2. The monoisotopic (exact) mass is 460 g/mol. The second-order valence-electron chi connectivity index (χ2n) is 8.47. The first-order valence-electron chi connectivity index (χ1n) is 11.1. The number of hydrogen-bond acceptors (Lipinski definition) is 8. The number of amides is 1. The van der Waals surface area contributed by atoms with E-state index in [4.69, 9.17) is 18.6 Å². The first-order valence-corrected chi connectivity index (χ1v) is 11.1. The number of fused-ring (bicyclic) bond motifs is 2. The van der Waals surface area contributed by atoms with E-state index in [2.05, 4.69) is 10.4 Å². The first-order chi connectivity index (χ1) is 16.6. The van der Waals surface area contributed by atoms with E-state index in [1.807, 2.05) is 60.6 Å². The normalized spacial score (nSPS) is 20.7. The molecule has 174 valence electrons. The quantitative estimate of drug-likeness (QED) is 0.619. The van der Waals surface area contributed by atoms with Crippen LogP contribution in [0, 0.1) is 6.92 Å². The van der Waals surface area contributed by atoms with Gasteiger partial charge in [-0.1, -0.05) is 6.07 Å². The number of nitrogens with zero attached hydrogens (tertiary/aromatic N) is 3. The van der Waals surface area contributed by atoms with Crippen molar-refractivity contribution in [3.05, 3.63) is 71.9 Å². The Morgan fingerprint density at radius 1 is 1.12 bits per heavy atom. The lowest BCUT2D eigenvalue weighted by atomic mass is 10.0. The fraction of sp³-hybridized carbons (Fsp3) is 0.280. The van der Waals surface area contributed by atoms with E-state index >= 15 is 0 Å². The molecule has 0 spiro atoms. The molecule has 2 aromatic carbocycles. The highest BCUT2D eigenvalue weighted by Crippen LogP contribution is 2.38. The fourth-order valence-electron chi connectivity index (χ4n) is 4.51. The molecule has 3 aliphatic heterocycles. The van der Waals surface area contributed by atoms with Crippen LogP contribution in [0.3, 0.4) is 0 Å². The van der Waals surface area contributed by atoms with Crippen molar-refractivity contribution in [3.8, 4) is 28.7 Å². The van der Waals surface area contributed by atoms with Crippen molar-refractivity contribution in [2.75, 3.05) is 13.9 Å². The maximum Gasteiger partial charge on any atom is 0.251 e. The third kappa shape index (κ3) is 3.54. The minimum Gasteiger partial charge on any atom is -0.497 e. The Morgan fingerprint density at radius 3 is 2.76 bits per heavy atom. The number of nitrogens with one attached hydrogen (secondary N) is 1. The summed E-state index contributed by atoms with van der Waals surface area (Å²) >= 11 is 0. The number of ether oxygens (including phenoxy) is 3. The second kappa shape index (κ2) is 8.11. The predicted molar refractivity (Wildman–Crippen MR) is 122 cm³/mol. The topological polar surface area (TPSA) is 89.3 Å². The Bertz CT molecular complexity index is 1270. The van der Waals surface area contributed by atoms with Crippen LogP contribution in [0.25, 0.3) is 11.5 Å². The van der Waals surface area contributed by atoms with Crippen LogP contribution < -0.4 is 19.6 Å². The summed E-state index contributed by atoms with van der Waals surface area (Å²) in [5, 5.41) is 1.88. The number of carbonyl (C=O) groups excluding carboxylic acids is 1. The van der Waals surface area contributed by atoms with Crippen LogP contribution >= 0.6 is 0 Å². The van der Waals surface area contributed by atoms with Gasteiger partial charge in [0.05, 0.1) is 19.7 Å². The fourth-order valence-corrected chi connectivity index (χ4v) is 4.51. The summed E-state index contributed by atoms with van der Waals surface area (Å²) in [7, 11) is 1.63. The molecule has 1 N–H and O–H groups in total. The SMILES string of the molecule is COc1ccc(-c2nc(CN3C=CN4NC(c5ccc6c(c5)OCO6)CC4C3=O)c(C)o2)cc1. The summed E-state index contributed by atoms with van der Waals surface area (Å²) < 4.78 is 22.0. The van der Waals surface area contributed by atoms with E-state index in [1.54, 1.807) is 18.2 Å². The molecule has 1 saturated heterocycles. The standard InChI is InChI=1S/C25H24N4O5/c1-15-20(26-24(34-15)16-3-6-18(31-2)7-4-16)13-28-9-10-29-21(25(28)30)12-19(27-29)17-5-8-22-23(11-17)33-14-32-22/h3-11,19,21,27H,12-14H2,1-2H3. The van der Waals surface area contributed by atoms with Gasteiger partial charge in [-0.3, -0.25) is 4.79 Å². The van der Waals surface area contributed by atoms with Gasteiger partial charge >= 0.3 is 0 Å². The predicted octanol–water partition coefficient (Wildman–Crippen LogP) is 3.52. The van der Waals surface area contributed by atoms with Crippen molar-refractivity contribution in [3.63, 3.8) is 0 Å². The number of benzene rings is 2. The summed E-state index contributed by atoms with van der Waals surface area (Å²) in [5.41, 5.74) is 6.07. The van der Waals surface area contributed by atoms with Crippen LogP contribution in [0.2, 0.25) is 0 Å². The molecule has 0 bridgehead atoms. The lowest BCUT2D eigenvalue weighted by Gasteiger charge is -2.31. The highest BCUT2D eigenvalue weighted by molar-refractivity contribution is 5.84. The minimum absolute atomic E-state index is 0.00325. The van der Waals surface area contributed by atoms with E-state index in [0.717, 1.165) is 34.1 Å². The van der Waals surface area contributed by atoms with Crippen molar-refractivity contribution >= 4 is 5.91 Å². The lowest BCUT2D eigenvalue weighted by Crippen LogP contribution is -2.47. The highest BCUT2D eigenvalue weighted by atomic mass is 16.7. The lowest BCUT2D eigenvalue weighted by molar-refractivity contribution is -0.135. The molecule has 9 nitrogen and oxygen atoms in total. The van der Waals surface area contributed by atoms with Crippen LogP contribution in [-0.4, -0.2) is 40.7 Å². The number of methoxy groups -OCH3 is 1. The summed E-state index contributed by atoms with van der Waals surface area (Å²) in [6, 6.07) is 13.1. The van der Waals surface area contributed by atoms with Gasteiger partial charge in [-0.25, -0.2) is 10.4 Å². The number of carbonyl (C=O) groups is 1. The number of aryl methyl sites for hydroxylation is 1. The molecule has 34 heavy (non-hydrogen) atoms. The molecular formula is C25H24N4O5. The van der Waals surface area contributed by atoms with Gasteiger partial charge in [0.25, 0.3) is 5.91 Å². The Kier molecular flexibility index (Phi) is 4.91. The van der Waals surface area contributed by atoms with Crippen LogP contribution in [-0.2, 0) is 11.3 Å². The Balaban J connectivity index is 1.16. The second-order valence-corrected chi connectivity index (χ2v) is 8.47. The highest BCUT2D eigenvalue weighted by Gasteiger charge is 2.40. The Morgan fingerprint density at radius 2 is 1.94 bits per heavy atom. The zero-order valence-corrected chi connectivity index (χ0v) is 18.9. The average molecular weight is 460 g/mol. The molecule has 0 radical (unpaired) electrons. The molecular weight excluding hydrogens is 436 g/mol. The maximum absolute atomic E-state index is 13.3. The molecule has 9 heteroatoms. The van der Waals surface area contributed by atoms with E-state index in [1.165, 1.54) is 0 Å². The molecule has 0 aliphatic carbocycles. The first kappa shape index (κ1) is 20.6. The third-order valence-electron chi connectivity index (χ3n) is 6.42. The van der Waals surface area contributed by atoms with Gasteiger partial charge in [0.15, 0.2) is 11.5 Å². The van der Waals surface area contributed by atoms with E-state index < -0.39 is 0 Å². The van der Waals surface area contributed by atoms with Gasteiger partial charge in [-0.05, 0) is 55.3 Å². The van der Waals surface area contributed by atoms with Gasteiger partial charge in [0.1, 0.15) is 23.2 Å². The van der Waals surface area contributed by atoms with Crippen LogP contribution in [0.15, 0.2) is 59.3 Å². The summed E-state index contributed by atoms with van der Waals surface area (Å²) in [6.07, 6.45) is 4.34. The summed E-state index contributed by atoms with van der Waals surface area (Å²) in [6.45, 7) is 2.45. The average Bonchev–Trinajstić information content (AvgIpc) is 3.59. The van der Waals surface area contributed by atoms with Crippen molar-refractivity contribution in [2.24, 2.45) is 0 Å². The van der Waals surface area contributed by atoms with Crippen molar-refractivity contribution in [1.29, 1.82) is 0 Å². The van der Waals surface area contributed by atoms with E-state index in [0.29, 0.717) is 24.6 Å². The van der Waals surface area contributed by atoms with Gasteiger partial charge in [-0.2, -0.15) is 0 Å². The molecule has 3 aliphatic rings. The molecule has 2 atom stereocenters. The molecule has 2 unspecified atom stereocenters. The largest absolute Gasteiger partial charge is 0.497 e. The van der Waals surface area contributed by atoms with Crippen molar-refractivity contribution in [1.82, 2.24) is 20.3 Å². The van der Waals surface area contributed by atoms with E-state index in [9.17, 15) is 4.79 Å². The molecule has 4 heterocycles. The van der Waals surface area contributed by atoms with Gasteiger partial charge in [0.2, 0.25) is 12.7 Å². The molecule has 1 aromatic heterocycles. The number of aromatic nitrogens is 1. The number of hydrogen-bond donors (Lipinski definition) is 1. The number of hydrazine groups is 1. The maximum atomic E-state index is 13.3. The van der Waals surface area contributed by atoms with Crippen molar-refractivity contribution in [2.45, 2.75) is 32.0 Å². The number of oxazole rings is 1. The molecule has 0 saturated carbocycles. The number of rotatable bonds is 5. The van der Waals surface area contributed by atoms with E-state index in [-0.39, 0.29) is 24.8 Å². The Labute approximate surface area is 196 Å². The van der Waals surface area contributed by atoms with Gasteiger partial charge < -0.3 is 28.5 Å². The minimum atomic E-state index is -0.298. The summed E-state index contributed by atoms with van der Waals surface area (Å²) in [5.74, 6) is 3.49. The smallest absolute Gasteiger partial charge is 0.251 e. The summed E-state index contributed by atoms with van der Waals surface area (Å²) in [4.78, 5) is 19.7. The van der Waals surface area contributed by atoms with Gasteiger partial charge in [-0.15, -0.1) is 0 Å². The molecule has 3 aromatic rings. The molecule has 1 fully saturated rings. The zero-order valence-electron chi connectivity index (χ0n) is 18.9. The van der Waals surface area contributed by atoms with Crippen LogP contribution in [0.1, 0.15) is 29.5 Å². The molecule has 1 amide bonds. The van der Waals surface area contributed by atoms with Crippen LogP contribution in [0.4, 0.5) is 0 Å². The van der Waals surface area contributed by atoms with Crippen molar-refractivity contribution < 1.29 is 23.4 Å².